The zero-order chi connectivity index (χ0) is 22.3. The van der Waals surface area contributed by atoms with Crippen LogP contribution in [0.5, 0.6) is 0 Å². The van der Waals surface area contributed by atoms with Gasteiger partial charge in [-0.05, 0) is 0 Å². The van der Waals surface area contributed by atoms with Gasteiger partial charge < -0.3 is 29.2 Å². The van der Waals surface area contributed by atoms with Crippen LogP contribution < -0.4 is 5.32 Å². The Labute approximate surface area is 179 Å². The van der Waals surface area contributed by atoms with Crippen molar-refractivity contribution in [3.05, 3.63) is 0 Å². The van der Waals surface area contributed by atoms with Gasteiger partial charge in [-0.2, -0.15) is 0 Å². The number of carbonyl (C=O) groups is 1. The summed E-state index contributed by atoms with van der Waals surface area (Å²) in [6.07, 6.45) is 0. The summed E-state index contributed by atoms with van der Waals surface area (Å²) in [6, 6.07) is 0. The zero-order valence-electron chi connectivity index (χ0n) is 18.4. The van der Waals surface area contributed by atoms with Gasteiger partial charge in [0.15, 0.2) is 0 Å². The van der Waals surface area contributed by atoms with Crippen LogP contribution in [0.2, 0.25) is 0 Å². The number of nitrogens with zero attached hydrogens (tertiary/aromatic N) is 2. The Balaban J connectivity index is -0.00000137. The Hall–Kier alpha value is -0.660. The lowest BCUT2D eigenvalue weighted by Gasteiger charge is -2.35. The van der Waals surface area contributed by atoms with E-state index in [9.17, 15) is 13.6 Å². The number of amides is 1. The fourth-order valence-corrected chi connectivity index (χ4v) is 2.62. The normalized spacial score (nSPS) is 15.5. The second kappa shape index (κ2) is 23.6. The van der Waals surface area contributed by atoms with Gasteiger partial charge in [0.05, 0.1) is 39.6 Å². The lowest BCUT2D eigenvalue weighted by atomic mass is 10.3. The number of rotatable bonds is 14. The highest BCUT2D eigenvalue weighted by atomic mass is 32.2. The number of nitrogens with one attached hydrogen (secondary N) is 1. The van der Waals surface area contributed by atoms with E-state index in [-0.39, 0.29) is 1.43 Å². The number of carbonyl (C=O) groups excluding carboxylic acids is 1. The Bertz CT molecular complexity index is 391. The van der Waals surface area contributed by atoms with Crippen LogP contribution in [0.3, 0.4) is 0 Å². The molecule has 178 valence electrons. The Morgan fingerprint density at radius 2 is 1.45 bits per heavy atom. The molecule has 1 aliphatic heterocycles. The maximum absolute atomic E-state index is 10.8. The van der Waals surface area contributed by atoms with Crippen LogP contribution in [0, 0.1) is 0 Å². The smallest absolute Gasteiger partial charge is 0.245 e. The molecular weight excluding hydrogens is 402 g/mol. The zero-order valence-corrected chi connectivity index (χ0v) is 19.2. The van der Waals surface area contributed by atoms with E-state index in [2.05, 4.69) is 10.2 Å². The lowest BCUT2D eigenvalue weighted by molar-refractivity contribution is -0.124. The standard InChI is InChI=1S/C14H29N3O7S.2C2H6.H2/c18-13-14(19)15-1-7-22-9-11-24-12-10-23-8-6-16-2-4-17(5-3-16)25(20)21;2*1-2;/h18H,1-13H2,(H,15,19)(H,20,21);2*1-2H3;1H/p-1. The molecule has 29 heavy (non-hydrogen) atoms. The van der Waals surface area contributed by atoms with Crippen molar-refractivity contribution in [3.63, 3.8) is 0 Å². The summed E-state index contributed by atoms with van der Waals surface area (Å²) < 4.78 is 39.1. The minimum absolute atomic E-state index is 0. The Kier molecular flexibility index (Phi) is 24.9. The summed E-state index contributed by atoms with van der Waals surface area (Å²) in [6.45, 7) is 14.0. The summed E-state index contributed by atoms with van der Waals surface area (Å²) in [4.78, 5) is 12.9. The van der Waals surface area contributed by atoms with Crippen LogP contribution in [0.1, 0.15) is 29.1 Å². The van der Waals surface area contributed by atoms with Gasteiger partial charge in [0.25, 0.3) is 0 Å². The third-order valence-electron chi connectivity index (χ3n) is 3.55. The molecule has 1 unspecified atom stereocenters. The van der Waals surface area contributed by atoms with Gasteiger partial charge in [-0.1, -0.05) is 27.7 Å². The SMILES string of the molecule is CC.CC.O=C(CO)NCCOCCOCCOCCN1CCN(S(=O)[O-])CC1.[HH]. The van der Waals surface area contributed by atoms with E-state index in [0.717, 1.165) is 19.6 Å². The first kappa shape index (κ1) is 30.5. The molecule has 0 bridgehead atoms. The van der Waals surface area contributed by atoms with Crippen molar-refractivity contribution in [1.29, 1.82) is 0 Å². The van der Waals surface area contributed by atoms with E-state index in [4.69, 9.17) is 19.3 Å². The van der Waals surface area contributed by atoms with Crippen LogP contribution in [0.15, 0.2) is 0 Å². The molecule has 2 N–H and O–H groups in total. The molecule has 1 saturated heterocycles. The number of aliphatic hydroxyl groups is 1. The Morgan fingerprint density at radius 3 is 1.93 bits per heavy atom. The molecule has 11 heteroatoms. The quantitative estimate of drug-likeness (QED) is 0.280. The number of hydrogen-bond donors (Lipinski definition) is 2. The summed E-state index contributed by atoms with van der Waals surface area (Å²) >= 11 is -2.11. The number of aliphatic hydroxyl groups excluding tert-OH is 1. The summed E-state index contributed by atoms with van der Waals surface area (Å²) in [5, 5.41) is 11.0. The number of ether oxygens (including phenoxy) is 3. The number of hydrogen-bond acceptors (Lipinski definition) is 8. The highest BCUT2D eigenvalue weighted by Gasteiger charge is 2.16. The van der Waals surface area contributed by atoms with Gasteiger partial charge in [0.2, 0.25) is 5.91 Å². The van der Waals surface area contributed by atoms with Crippen LogP contribution >= 0.6 is 0 Å². The molecule has 10 nitrogen and oxygen atoms in total. The third kappa shape index (κ3) is 19.1. The maximum Gasteiger partial charge on any atom is 0.245 e. The topological polar surface area (TPSA) is 124 Å². The molecule has 1 aliphatic rings. The van der Waals surface area contributed by atoms with E-state index in [1.165, 1.54) is 4.31 Å². The summed E-state index contributed by atoms with van der Waals surface area (Å²) in [5.41, 5.74) is 0. The average Bonchev–Trinajstić information content (AvgIpc) is 2.77. The lowest BCUT2D eigenvalue weighted by Crippen LogP contribution is -2.47. The predicted molar refractivity (Wildman–Crippen MR) is 114 cm³/mol. The molecule has 0 aromatic carbocycles. The monoisotopic (exact) mass is 444 g/mol. The van der Waals surface area contributed by atoms with Gasteiger partial charge in [-0.3, -0.25) is 13.9 Å². The highest BCUT2D eigenvalue weighted by molar-refractivity contribution is 7.76. The first-order valence-electron chi connectivity index (χ1n) is 10.3. The van der Waals surface area contributed by atoms with E-state index in [0.29, 0.717) is 59.3 Å². The van der Waals surface area contributed by atoms with Gasteiger partial charge in [-0.25, -0.2) is 4.31 Å². The van der Waals surface area contributed by atoms with E-state index in [1.54, 1.807) is 0 Å². The third-order valence-corrected chi connectivity index (χ3v) is 4.34. The van der Waals surface area contributed by atoms with Crippen LogP contribution in [0.25, 0.3) is 0 Å². The predicted octanol–water partition coefficient (Wildman–Crippen LogP) is -0.145. The molecule has 0 aliphatic carbocycles. The maximum atomic E-state index is 10.8. The fraction of sp³-hybridized carbons (Fsp3) is 0.944. The van der Waals surface area contributed by atoms with Crippen molar-refractivity contribution in [3.8, 4) is 0 Å². The molecule has 0 saturated carbocycles. The largest absolute Gasteiger partial charge is 0.760 e. The second-order valence-electron chi connectivity index (χ2n) is 5.33. The summed E-state index contributed by atoms with van der Waals surface area (Å²) in [5.74, 6) is -0.417. The molecule has 0 spiro atoms. The molecule has 1 amide bonds. The van der Waals surface area contributed by atoms with Crippen molar-refractivity contribution in [1.82, 2.24) is 14.5 Å². The fourth-order valence-electron chi connectivity index (χ4n) is 2.16. The van der Waals surface area contributed by atoms with Crippen molar-refractivity contribution < 1.29 is 34.3 Å². The van der Waals surface area contributed by atoms with Crippen molar-refractivity contribution >= 4 is 17.2 Å². The van der Waals surface area contributed by atoms with Crippen molar-refractivity contribution in [2.45, 2.75) is 27.7 Å². The molecule has 0 aromatic heterocycles. The van der Waals surface area contributed by atoms with Gasteiger partial charge in [0, 0.05) is 52.0 Å². The average molecular weight is 445 g/mol. The highest BCUT2D eigenvalue weighted by Crippen LogP contribution is 2.02. The summed E-state index contributed by atoms with van der Waals surface area (Å²) in [7, 11) is 0. The Morgan fingerprint density at radius 1 is 0.966 bits per heavy atom. The minimum Gasteiger partial charge on any atom is -0.760 e. The van der Waals surface area contributed by atoms with Gasteiger partial charge in [0.1, 0.15) is 6.61 Å². The molecule has 0 radical (unpaired) electrons. The van der Waals surface area contributed by atoms with Crippen LogP contribution in [0.4, 0.5) is 0 Å². The molecular formula is C18H42N3O7S-. The van der Waals surface area contributed by atoms with E-state index < -0.39 is 23.8 Å². The van der Waals surface area contributed by atoms with Gasteiger partial charge in [-0.15, -0.1) is 0 Å². The van der Waals surface area contributed by atoms with E-state index in [1.807, 2.05) is 27.7 Å². The van der Waals surface area contributed by atoms with E-state index >= 15 is 0 Å². The molecule has 1 heterocycles. The molecule has 0 aromatic rings. The number of piperazine rings is 1. The molecule has 1 rings (SSSR count). The van der Waals surface area contributed by atoms with Crippen LogP contribution in [-0.4, -0.2) is 114 Å². The second-order valence-corrected chi connectivity index (χ2v) is 6.28. The molecule has 1 atom stereocenters. The van der Waals surface area contributed by atoms with Crippen molar-refractivity contribution in [2.24, 2.45) is 0 Å². The van der Waals surface area contributed by atoms with Crippen molar-refractivity contribution in [2.75, 3.05) is 85.5 Å². The first-order chi connectivity index (χ1) is 14.1. The minimum atomic E-state index is -2.11. The first-order valence-corrected chi connectivity index (χ1v) is 11.3. The van der Waals surface area contributed by atoms with Gasteiger partial charge >= 0.3 is 0 Å². The molecule has 1 fully saturated rings. The van der Waals surface area contributed by atoms with Crippen LogP contribution in [-0.2, 0) is 30.3 Å².